The van der Waals surface area contributed by atoms with Gasteiger partial charge in [0.1, 0.15) is 5.75 Å². The van der Waals surface area contributed by atoms with Crippen molar-refractivity contribution in [2.45, 2.75) is 13.8 Å². The quantitative estimate of drug-likeness (QED) is 0.363. The maximum absolute atomic E-state index is 14.0. The Hall–Kier alpha value is -3.19. The van der Waals surface area contributed by atoms with E-state index in [1.54, 1.807) is 36.5 Å². The van der Waals surface area contributed by atoms with E-state index in [2.05, 4.69) is 4.98 Å². The third-order valence-electron chi connectivity index (χ3n) is 3.52. The fraction of sp³-hybridized carbons (Fsp3) is 0.100. The third-order valence-corrected chi connectivity index (χ3v) is 4.66. The number of hydrogen-bond donors (Lipinski definition) is 1. The Morgan fingerprint density at radius 2 is 2.00 bits per heavy atom. The van der Waals surface area contributed by atoms with Gasteiger partial charge in [-0.2, -0.15) is 0 Å². The molecular weight excluding hydrogens is 367 g/mol. The molecule has 138 valence electrons. The Labute approximate surface area is 159 Å². The number of fused-ring (bicyclic) bond motifs is 1. The molecule has 0 saturated heterocycles. The summed E-state index contributed by atoms with van der Waals surface area (Å²) in [6.45, 7) is 4.00. The van der Waals surface area contributed by atoms with Gasteiger partial charge in [-0.25, -0.2) is 4.39 Å². The number of benzene rings is 1. The molecule has 5 nitrogen and oxygen atoms in total. The maximum atomic E-state index is 14.0. The highest BCUT2D eigenvalue weighted by atomic mass is 32.1. The summed E-state index contributed by atoms with van der Waals surface area (Å²) in [5, 5.41) is 0. The van der Waals surface area contributed by atoms with Gasteiger partial charge in [0.25, 0.3) is 0 Å². The summed E-state index contributed by atoms with van der Waals surface area (Å²) < 4.78 is 25.4. The van der Waals surface area contributed by atoms with E-state index in [0.717, 1.165) is 0 Å². The second-order valence-electron chi connectivity index (χ2n) is 5.23. The normalized spacial score (nSPS) is 10.3. The van der Waals surface area contributed by atoms with E-state index in [1.807, 2.05) is 13.8 Å². The minimum Gasteiger partial charge on any atom is -0.461 e. The molecule has 3 heterocycles. The van der Waals surface area contributed by atoms with Crippen LogP contribution in [0.15, 0.2) is 59.3 Å². The molecule has 0 saturated carbocycles. The van der Waals surface area contributed by atoms with E-state index in [0.29, 0.717) is 26.5 Å². The zero-order valence-corrected chi connectivity index (χ0v) is 15.5. The Morgan fingerprint density at radius 1 is 1.19 bits per heavy atom. The van der Waals surface area contributed by atoms with Crippen LogP contribution >= 0.6 is 11.3 Å². The van der Waals surface area contributed by atoms with Crippen molar-refractivity contribution < 1.29 is 18.3 Å². The van der Waals surface area contributed by atoms with E-state index in [-0.39, 0.29) is 17.3 Å². The predicted octanol–water partition coefficient (Wildman–Crippen LogP) is 5.66. The van der Waals surface area contributed by atoms with Crippen molar-refractivity contribution in [2.75, 3.05) is 5.73 Å². The smallest absolute Gasteiger partial charge is 0.238 e. The molecule has 0 atom stereocenters. The number of carbonyl (C=O) groups excluding carboxylic acids is 1. The largest absolute Gasteiger partial charge is 0.461 e. The number of nitrogens with two attached hydrogens (primary N) is 1. The predicted molar refractivity (Wildman–Crippen MR) is 104 cm³/mol. The van der Waals surface area contributed by atoms with Gasteiger partial charge < -0.3 is 14.9 Å². The Balaban J connectivity index is 0.00000102. The van der Waals surface area contributed by atoms with Gasteiger partial charge in [-0.05, 0) is 30.3 Å². The maximum Gasteiger partial charge on any atom is 0.238 e. The number of furan rings is 1. The summed E-state index contributed by atoms with van der Waals surface area (Å²) in [7, 11) is 0. The van der Waals surface area contributed by atoms with Crippen LogP contribution in [0.3, 0.4) is 0 Å². The van der Waals surface area contributed by atoms with Gasteiger partial charge in [0.15, 0.2) is 17.3 Å². The number of rotatable bonds is 4. The molecule has 3 aromatic heterocycles. The lowest BCUT2D eigenvalue weighted by atomic mass is 10.2. The third kappa shape index (κ3) is 3.83. The minimum absolute atomic E-state index is 0.0500. The first-order valence-corrected chi connectivity index (χ1v) is 9.13. The molecule has 0 aliphatic heterocycles. The number of thiophene rings is 1. The summed E-state index contributed by atoms with van der Waals surface area (Å²) >= 11 is 1.21. The first-order chi connectivity index (χ1) is 13.1. The Morgan fingerprint density at radius 3 is 2.70 bits per heavy atom. The van der Waals surface area contributed by atoms with Crippen molar-refractivity contribution in [3.63, 3.8) is 0 Å². The molecule has 27 heavy (non-hydrogen) atoms. The number of halogens is 1. The molecular formula is C20H17FN2O3S. The topological polar surface area (TPSA) is 78.4 Å². The molecule has 1 aromatic carbocycles. The molecule has 2 N–H and O–H groups in total. The van der Waals surface area contributed by atoms with Gasteiger partial charge in [-0.3, -0.25) is 9.78 Å². The van der Waals surface area contributed by atoms with Crippen LogP contribution in [-0.4, -0.2) is 10.8 Å². The monoisotopic (exact) mass is 384 g/mol. The lowest BCUT2D eigenvalue weighted by Crippen LogP contribution is -1.95. The molecule has 0 aliphatic rings. The number of pyridine rings is 1. The molecule has 0 aliphatic carbocycles. The SMILES string of the molecule is CC.Nc1ccc(Oc2ccnc3cc(C(=O)c4ccco4)sc23)c(F)c1. The molecule has 0 fully saturated rings. The van der Waals surface area contributed by atoms with Gasteiger partial charge in [0, 0.05) is 24.0 Å². The fourth-order valence-electron chi connectivity index (χ4n) is 2.35. The van der Waals surface area contributed by atoms with Crippen molar-refractivity contribution in [3.8, 4) is 11.5 Å². The summed E-state index contributed by atoms with van der Waals surface area (Å²) in [6, 6.07) is 10.7. The van der Waals surface area contributed by atoms with Gasteiger partial charge >= 0.3 is 0 Å². The molecule has 0 amide bonds. The van der Waals surface area contributed by atoms with Crippen molar-refractivity contribution in [1.29, 1.82) is 0 Å². The van der Waals surface area contributed by atoms with Crippen LogP contribution in [0.2, 0.25) is 0 Å². The van der Waals surface area contributed by atoms with Gasteiger partial charge in [0.05, 0.1) is 21.4 Å². The fourth-order valence-corrected chi connectivity index (χ4v) is 3.36. The van der Waals surface area contributed by atoms with E-state index in [1.165, 1.54) is 29.7 Å². The molecule has 4 aromatic rings. The number of nitrogens with zero attached hydrogens (tertiary/aromatic N) is 1. The van der Waals surface area contributed by atoms with Crippen LogP contribution in [-0.2, 0) is 0 Å². The lowest BCUT2D eigenvalue weighted by Gasteiger charge is -2.07. The van der Waals surface area contributed by atoms with Crippen molar-refractivity contribution in [3.05, 3.63) is 71.4 Å². The number of aromatic nitrogens is 1. The highest BCUT2D eigenvalue weighted by Gasteiger charge is 2.18. The minimum atomic E-state index is -0.562. The number of hydrogen-bond acceptors (Lipinski definition) is 6. The van der Waals surface area contributed by atoms with Crippen LogP contribution in [0.25, 0.3) is 10.2 Å². The summed E-state index contributed by atoms with van der Waals surface area (Å²) in [5.41, 5.74) is 6.45. The second kappa shape index (κ2) is 8.01. The Bertz CT molecular complexity index is 1070. The number of ether oxygens (including phenoxy) is 1. The van der Waals surface area contributed by atoms with E-state index < -0.39 is 5.82 Å². The number of ketones is 1. The van der Waals surface area contributed by atoms with Gasteiger partial charge in [-0.15, -0.1) is 11.3 Å². The Kier molecular flexibility index (Phi) is 5.52. The first kappa shape index (κ1) is 18.6. The second-order valence-corrected chi connectivity index (χ2v) is 6.28. The summed E-state index contributed by atoms with van der Waals surface area (Å²) in [4.78, 5) is 17.1. The molecule has 0 spiro atoms. The molecule has 0 unspecified atom stereocenters. The van der Waals surface area contributed by atoms with Crippen LogP contribution in [0.4, 0.5) is 10.1 Å². The van der Waals surface area contributed by atoms with Crippen molar-refractivity contribution in [2.24, 2.45) is 0 Å². The van der Waals surface area contributed by atoms with Gasteiger partial charge in [0.2, 0.25) is 5.78 Å². The first-order valence-electron chi connectivity index (χ1n) is 8.31. The van der Waals surface area contributed by atoms with E-state index in [9.17, 15) is 9.18 Å². The molecule has 7 heteroatoms. The van der Waals surface area contributed by atoms with Gasteiger partial charge in [-0.1, -0.05) is 13.8 Å². The average Bonchev–Trinajstić information content (AvgIpc) is 3.35. The van der Waals surface area contributed by atoms with E-state index >= 15 is 0 Å². The van der Waals surface area contributed by atoms with Crippen LogP contribution in [0, 0.1) is 5.82 Å². The van der Waals surface area contributed by atoms with Crippen LogP contribution < -0.4 is 10.5 Å². The number of anilines is 1. The number of carbonyl (C=O) groups is 1. The molecule has 0 radical (unpaired) electrons. The summed E-state index contributed by atoms with van der Waals surface area (Å²) in [5.74, 6) is -0.0872. The van der Waals surface area contributed by atoms with Crippen molar-refractivity contribution >= 4 is 33.0 Å². The summed E-state index contributed by atoms with van der Waals surface area (Å²) in [6.07, 6.45) is 2.98. The van der Waals surface area contributed by atoms with Crippen molar-refractivity contribution in [1.82, 2.24) is 4.98 Å². The highest BCUT2D eigenvalue weighted by molar-refractivity contribution is 7.21. The highest BCUT2D eigenvalue weighted by Crippen LogP contribution is 2.36. The zero-order valence-electron chi connectivity index (χ0n) is 14.7. The van der Waals surface area contributed by atoms with E-state index in [4.69, 9.17) is 14.9 Å². The number of nitrogen functional groups attached to an aromatic ring is 1. The molecule has 4 rings (SSSR count). The average molecular weight is 384 g/mol. The molecule has 0 bridgehead atoms. The van der Waals surface area contributed by atoms with Crippen LogP contribution in [0.1, 0.15) is 29.3 Å². The zero-order chi connectivity index (χ0) is 19.4. The van der Waals surface area contributed by atoms with Crippen LogP contribution in [0.5, 0.6) is 11.5 Å². The standard InChI is InChI=1S/C18H11FN2O3S.C2H6/c19-11-8-10(20)3-4-13(11)24-15-5-6-21-12-9-16(25-18(12)15)17(22)14-2-1-7-23-14;1-2/h1-9H,20H2;1-2H3. The lowest BCUT2D eigenvalue weighted by molar-refractivity contribution is 0.101.